The van der Waals surface area contributed by atoms with Crippen molar-refractivity contribution in [2.75, 3.05) is 23.8 Å². The highest BCUT2D eigenvalue weighted by molar-refractivity contribution is 6.04. The number of benzene rings is 1. The lowest BCUT2D eigenvalue weighted by molar-refractivity contribution is 0.0519. The smallest absolute Gasteiger partial charge is 0.342 e. The van der Waals surface area contributed by atoms with Crippen molar-refractivity contribution in [3.63, 3.8) is 0 Å². The summed E-state index contributed by atoms with van der Waals surface area (Å²) in [7, 11) is 0. The Labute approximate surface area is 226 Å². The maximum absolute atomic E-state index is 13.1. The standard InChI is InChI=1S/C31H28N4O4/c1-3-38-30(36)25-21-16-10-6-12-18-23(21)32-28(25)34-27(20-14-8-5-9-15-20)35-29-26(31(37)39-4-2)22-17-11-7-13-19-24(22)33-29/h5-19,27H,3-4H2,1-2H3,(H,32,34)(H,33,35). The van der Waals surface area contributed by atoms with Gasteiger partial charge in [-0.15, -0.1) is 0 Å². The predicted molar refractivity (Wildman–Crippen MR) is 150 cm³/mol. The normalized spacial score (nSPS) is 10.9. The van der Waals surface area contributed by atoms with Crippen LogP contribution in [0.1, 0.15) is 46.3 Å². The highest BCUT2D eigenvalue weighted by Gasteiger charge is 2.29. The largest absolute Gasteiger partial charge is 0.462 e. The molecular formula is C31H28N4O4. The molecule has 0 radical (unpaired) electrons. The van der Waals surface area contributed by atoms with Gasteiger partial charge in [0.2, 0.25) is 0 Å². The number of esters is 2. The molecule has 0 saturated heterocycles. The zero-order valence-electron chi connectivity index (χ0n) is 21.7. The summed E-state index contributed by atoms with van der Waals surface area (Å²) in [5.74, 6) is -0.234. The minimum absolute atomic E-state index is 0.231. The summed E-state index contributed by atoms with van der Waals surface area (Å²) in [5, 5.41) is 6.77. The molecule has 0 fully saturated rings. The zero-order chi connectivity index (χ0) is 27.2. The van der Waals surface area contributed by atoms with Crippen LogP contribution in [0, 0.1) is 0 Å². The van der Waals surface area contributed by atoms with Gasteiger partial charge in [-0.25, -0.2) is 19.6 Å². The number of anilines is 2. The van der Waals surface area contributed by atoms with Gasteiger partial charge in [0.1, 0.15) is 28.9 Å². The second kappa shape index (κ2) is 11.6. The number of nitrogens with zero attached hydrogens (tertiary/aromatic N) is 2. The topological polar surface area (TPSA) is 102 Å². The molecule has 39 heavy (non-hydrogen) atoms. The van der Waals surface area contributed by atoms with Crippen LogP contribution < -0.4 is 10.6 Å². The number of fused-ring (bicyclic) bond motifs is 2. The molecule has 196 valence electrons. The Morgan fingerprint density at radius 3 is 1.49 bits per heavy atom. The van der Waals surface area contributed by atoms with Crippen LogP contribution in [0.5, 0.6) is 0 Å². The number of rotatable bonds is 9. The molecule has 0 atom stereocenters. The molecule has 8 nitrogen and oxygen atoms in total. The fourth-order valence-corrected chi connectivity index (χ4v) is 4.45. The van der Waals surface area contributed by atoms with Gasteiger partial charge in [-0.1, -0.05) is 78.9 Å². The summed E-state index contributed by atoms with van der Waals surface area (Å²) >= 11 is 0. The van der Waals surface area contributed by atoms with Crippen LogP contribution in [0.3, 0.4) is 0 Å². The SMILES string of the molecule is CCOC(=O)c1c2cccccc-2nc1NC(Nc1nc2cccccc-2c1C(=O)OCC)c1ccccc1. The van der Waals surface area contributed by atoms with E-state index in [-0.39, 0.29) is 13.2 Å². The highest BCUT2D eigenvalue weighted by Crippen LogP contribution is 2.37. The van der Waals surface area contributed by atoms with Crippen molar-refractivity contribution in [3.8, 4) is 22.5 Å². The third kappa shape index (κ3) is 5.36. The number of nitrogens with one attached hydrogen (secondary N) is 2. The maximum Gasteiger partial charge on any atom is 0.342 e. The van der Waals surface area contributed by atoms with E-state index < -0.39 is 18.1 Å². The van der Waals surface area contributed by atoms with E-state index >= 15 is 0 Å². The third-order valence-electron chi connectivity index (χ3n) is 6.16. The Kier molecular flexibility index (Phi) is 7.63. The van der Waals surface area contributed by atoms with Gasteiger partial charge in [0.05, 0.1) is 24.6 Å². The number of ether oxygens (including phenoxy) is 2. The molecule has 0 aromatic heterocycles. The monoisotopic (exact) mass is 520 g/mol. The van der Waals surface area contributed by atoms with Gasteiger partial charge >= 0.3 is 11.9 Å². The molecule has 0 bridgehead atoms. The molecule has 2 heterocycles. The Balaban J connectivity index is 1.62. The Hall–Kier alpha value is -4.98. The molecule has 0 unspecified atom stereocenters. The van der Waals surface area contributed by atoms with Crippen molar-refractivity contribution in [2.24, 2.45) is 0 Å². The molecule has 8 heteroatoms. The first-order valence-electron chi connectivity index (χ1n) is 12.8. The average molecular weight is 521 g/mol. The molecule has 5 rings (SSSR count). The summed E-state index contributed by atoms with van der Waals surface area (Å²) in [5.41, 5.74) is 4.16. The van der Waals surface area contributed by atoms with E-state index in [1.54, 1.807) is 13.8 Å². The number of hydrogen-bond acceptors (Lipinski definition) is 8. The second-order valence-electron chi connectivity index (χ2n) is 8.66. The highest BCUT2D eigenvalue weighted by atomic mass is 16.5. The van der Waals surface area contributed by atoms with Crippen LogP contribution in [0.4, 0.5) is 11.6 Å². The molecular weight excluding hydrogens is 492 g/mol. The van der Waals surface area contributed by atoms with Gasteiger partial charge in [0, 0.05) is 11.1 Å². The van der Waals surface area contributed by atoms with Crippen molar-refractivity contribution in [3.05, 3.63) is 108 Å². The molecule has 0 saturated carbocycles. The quantitative estimate of drug-likeness (QED) is 0.173. The van der Waals surface area contributed by atoms with Crippen LogP contribution in [0.25, 0.3) is 22.5 Å². The molecule has 4 aliphatic rings. The molecule has 2 N–H and O–H groups in total. The van der Waals surface area contributed by atoms with E-state index in [9.17, 15) is 9.59 Å². The Bertz CT molecular complexity index is 1440. The summed E-state index contributed by atoms with van der Waals surface area (Å²) in [6.07, 6.45) is -0.608. The summed E-state index contributed by atoms with van der Waals surface area (Å²) in [4.78, 5) is 35.6. The summed E-state index contributed by atoms with van der Waals surface area (Å²) < 4.78 is 10.8. The Morgan fingerprint density at radius 2 is 1.05 bits per heavy atom. The lowest BCUT2D eigenvalue weighted by Gasteiger charge is -2.22. The first-order valence-corrected chi connectivity index (χ1v) is 12.8. The van der Waals surface area contributed by atoms with E-state index in [1.165, 1.54) is 0 Å². The lowest BCUT2D eigenvalue weighted by Crippen LogP contribution is -2.23. The van der Waals surface area contributed by atoms with Crippen LogP contribution in [-0.2, 0) is 9.47 Å². The molecule has 1 aromatic carbocycles. The van der Waals surface area contributed by atoms with Gasteiger partial charge in [0.25, 0.3) is 0 Å². The minimum atomic E-state index is -0.608. The van der Waals surface area contributed by atoms with Crippen LogP contribution in [-0.4, -0.2) is 35.1 Å². The van der Waals surface area contributed by atoms with Gasteiger partial charge < -0.3 is 20.1 Å². The van der Waals surface area contributed by atoms with Gasteiger partial charge in [-0.05, 0) is 31.5 Å². The third-order valence-corrected chi connectivity index (χ3v) is 6.16. The summed E-state index contributed by atoms with van der Waals surface area (Å²) in [6.45, 7) is 3.99. The fraction of sp³-hybridized carbons (Fsp3) is 0.161. The molecule has 1 aromatic rings. The van der Waals surface area contributed by atoms with Crippen molar-refractivity contribution in [1.29, 1.82) is 0 Å². The maximum atomic E-state index is 13.1. The van der Waals surface area contributed by atoms with Gasteiger partial charge in [-0.3, -0.25) is 0 Å². The van der Waals surface area contributed by atoms with E-state index in [2.05, 4.69) is 10.6 Å². The van der Waals surface area contributed by atoms with Crippen LogP contribution >= 0.6 is 0 Å². The fourth-order valence-electron chi connectivity index (χ4n) is 4.45. The van der Waals surface area contributed by atoms with Crippen LogP contribution in [0.15, 0.2) is 91.0 Å². The summed E-state index contributed by atoms with van der Waals surface area (Å²) in [6, 6.07) is 28.2. The Morgan fingerprint density at radius 1 is 0.641 bits per heavy atom. The number of carbonyl (C=O) groups is 2. The number of carbonyl (C=O) groups excluding carboxylic acids is 2. The first-order chi connectivity index (χ1) is 19.1. The predicted octanol–water partition coefficient (Wildman–Crippen LogP) is 6.26. The molecule has 0 spiro atoms. The van der Waals surface area contributed by atoms with Crippen molar-refractivity contribution in [1.82, 2.24) is 9.97 Å². The first kappa shape index (κ1) is 25.7. The number of aromatic nitrogens is 2. The van der Waals surface area contributed by atoms with Gasteiger partial charge in [0.15, 0.2) is 0 Å². The van der Waals surface area contributed by atoms with Crippen LogP contribution in [0.2, 0.25) is 0 Å². The van der Waals surface area contributed by atoms with Crippen molar-refractivity contribution < 1.29 is 19.1 Å². The van der Waals surface area contributed by atoms with Gasteiger partial charge in [-0.2, -0.15) is 0 Å². The van der Waals surface area contributed by atoms with Crippen molar-refractivity contribution in [2.45, 2.75) is 20.0 Å². The molecule has 2 aliphatic heterocycles. The van der Waals surface area contributed by atoms with E-state index in [0.29, 0.717) is 45.3 Å². The average Bonchev–Trinajstić information content (AvgIpc) is 3.23. The minimum Gasteiger partial charge on any atom is -0.462 e. The van der Waals surface area contributed by atoms with Crippen molar-refractivity contribution >= 4 is 23.6 Å². The van der Waals surface area contributed by atoms with E-state index in [0.717, 1.165) is 5.56 Å². The lowest BCUT2D eigenvalue weighted by atomic mass is 10.1. The van der Waals surface area contributed by atoms with E-state index in [1.807, 2.05) is 91.0 Å². The zero-order valence-corrected chi connectivity index (χ0v) is 21.7. The second-order valence-corrected chi connectivity index (χ2v) is 8.66. The molecule has 2 aliphatic carbocycles. The molecule has 0 amide bonds. The number of hydrogen-bond donors (Lipinski definition) is 2. The van der Waals surface area contributed by atoms with E-state index in [4.69, 9.17) is 19.4 Å².